The van der Waals surface area contributed by atoms with E-state index in [0.717, 1.165) is 11.1 Å². The van der Waals surface area contributed by atoms with Crippen LogP contribution < -0.4 is 9.80 Å². The van der Waals surface area contributed by atoms with Gasteiger partial charge in [0.1, 0.15) is 11.3 Å². The number of benzene rings is 3. The third-order valence-electron chi connectivity index (χ3n) is 5.22. The molecule has 0 atom stereocenters. The summed E-state index contributed by atoms with van der Waals surface area (Å²) in [5.41, 5.74) is 3.89. The van der Waals surface area contributed by atoms with E-state index in [4.69, 9.17) is 12.2 Å². The number of hydrogen-bond acceptors (Lipinski definition) is 4. The van der Waals surface area contributed by atoms with Gasteiger partial charge in [0.2, 0.25) is 0 Å². The quantitative estimate of drug-likeness (QED) is 0.371. The van der Waals surface area contributed by atoms with E-state index in [1.54, 1.807) is 24.3 Å². The first-order chi connectivity index (χ1) is 14.9. The molecule has 2 amide bonds. The first-order valence-electron chi connectivity index (χ1n) is 9.73. The number of thiocarbonyl (C=S) groups is 1. The number of hydrogen-bond donors (Lipinski definition) is 1. The van der Waals surface area contributed by atoms with Crippen molar-refractivity contribution in [1.29, 1.82) is 0 Å². The van der Waals surface area contributed by atoms with Crippen LogP contribution in [0.4, 0.5) is 11.4 Å². The average Bonchev–Trinajstić information content (AvgIpc) is 2.76. The molecule has 0 radical (unpaired) electrons. The van der Waals surface area contributed by atoms with Crippen molar-refractivity contribution in [3.8, 4) is 5.75 Å². The van der Waals surface area contributed by atoms with E-state index in [-0.39, 0.29) is 16.4 Å². The standard InChI is InChI=1S/C25H20N2O3S/c1-16-8-11-20(14-17(16)2)27-24(30)22(15-18-9-12-21(28)13-10-18)23(29)26(25(27)31)19-6-4-3-5-7-19/h3-15,28H,1-2H3/b22-15+. The van der Waals surface area contributed by atoms with Crippen LogP contribution in [0.15, 0.2) is 78.4 Å². The predicted octanol–water partition coefficient (Wildman–Crippen LogP) is 4.76. The number of carbonyl (C=O) groups excluding carboxylic acids is 2. The minimum atomic E-state index is -0.491. The van der Waals surface area contributed by atoms with E-state index in [1.165, 1.54) is 28.0 Å². The summed E-state index contributed by atoms with van der Waals surface area (Å²) in [5, 5.41) is 9.65. The Morgan fingerprint density at radius 2 is 1.39 bits per heavy atom. The molecule has 1 aliphatic heterocycles. The van der Waals surface area contributed by atoms with Crippen LogP contribution in [0.3, 0.4) is 0 Å². The fourth-order valence-corrected chi connectivity index (χ4v) is 3.74. The van der Waals surface area contributed by atoms with Gasteiger partial charge < -0.3 is 5.11 Å². The van der Waals surface area contributed by atoms with Gasteiger partial charge in [0.05, 0.1) is 11.4 Å². The number of aromatic hydroxyl groups is 1. The number of phenols is 1. The summed E-state index contributed by atoms with van der Waals surface area (Å²) in [6.45, 7) is 3.95. The number of phenolic OH excluding ortho intramolecular Hbond substituents is 1. The van der Waals surface area contributed by atoms with Gasteiger partial charge in [0.15, 0.2) is 5.11 Å². The number of anilines is 2. The molecule has 1 aliphatic rings. The zero-order chi connectivity index (χ0) is 22.1. The van der Waals surface area contributed by atoms with Crippen LogP contribution in [0.5, 0.6) is 5.75 Å². The Kier molecular flexibility index (Phi) is 5.40. The molecule has 6 heteroatoms. The topological polar surface area (TPSA) is 60.9 Å². The molecule has 1 fully saturated rings. The van der Waals surface area contributed by atoms with Crippen molar-refractivity contribution in [2.24, 2.45) is 0 Å². The van der Waals surface area contributed by atoms with Crippen molar-refractivity contribution in [3.63, 3.8) is 0 Å². The lowest BCUT2D eigenvalue weighted by Gasteiger charge is -2.36. The molecule has 4 rings (SSSR count). The fourth-order valence-electron chi connectivity index (χ4n) is 3.36. The number of nitrogens with zero attached hydrogens (tertiary/aromatic N) is 2. The first-order valence-corrected chi connectivity index (χ1v) is 10.1. The van der Waals surface area contributed by atoms with Crippen LogP contribution in [0, 0.1) is 13.8 Å². The molecule has 0 aliphatic carbocycles. The zero-order valence-electron chi connectivity index (χ0n) is 17.1. The van der Waals surface area contributed by atoms with Crippen molar-refractivity contribution in [2.45, 2.75) is 13.8 Å². The predicted molar refractivity (Wildman–Crippen MR) is 126 cm³/mol. The second-order valence-corrected chi connectivity index (χ2v) is 7.68. The Morgan fingerprint density at radius 3 is 2.00 bits per heavy atom. The molecule has 0 bridgehead atoms. The molecule has 154 valence electrons. The van der Waals surface area contributed by atoms with Gasteiger partial charge in [-0.1, -0.05) is 36.4 Å². The number of para-hydroxylation sites is 1. The molecule has 0 saturated carbocycles. The molecule has 0 unspecified atom stereocenters. The van der Waals surface area contributed by atoms with Gasteiger partial charge in [-0.05, 0) is 85.2 Å². The number of rotatable bonds is 3. The Labute approximate surface area is 185 Å². The van der Waals surface area contributed by atoms with Crippen LogP contribution in [0.25, 0.3) is 6.08 Å². The van der Waals surface area contributed by atoms with E-state index in [1.807, 2.05) is 50.2 Å². The van der Waals surface area contributed by atoms with E-state index in [9.17, 15) is 14.7 Å². The lowest BCUT2D eigenvalue weighted by Crippen LogP contribution is -2.57. The van der Waals surface area contributed by atoms with Crippen LogP contribution in [-0.4, -0.2) is 22.0 Å². The molecule has 3 aromatic rings. The number of aryl methyl sites for hydroxylation is 2. The van der Waals surface area contributed by atoms with Gasteiger partial charge in [-0.2, -0.15) is 0 Å². The maximum absolute atomic E-state index is 13.5. The van der Waals surface area contributed by atoms with Gasteiger partial charge in [-0.25, -0.2) is 0 Å². The molecular weight excluding hydrogens is 408 g/mol. The van der Waals surface area contributed by atoms with E-state index >= 15 is 0 Å². The Morgan fingerprint density at radius 1 is 0.774 bits per heavy atom. The molecule has 0 aromatic heterocycles. The van der Waals surface area contributed by atoms with Crippen molar-refractivity contribution in [2.75, 3.05) is 9.80 Å². The second kappa shape index (κ2) is 8.16. The summed E-state index contributed by atoms with van der Waals surface area (Å²) in [6, 6.07) is 20.9. The summed E-state index contributed by atoms with van der Waals surface area (Å²) in [7, 11) is 0. The van der Waals surface area contributed by atoms with Gasteiger partial charge >= 0.3 is 0 Å². The average molecular weight is 429 g/mol. The summed E-state index contributed by atoms with van der Waals surface area (Å²) in [6.07, 6.45) is 1.52. The third kappa shape index (κ3) is 3.85. The molecule has 0 spiro atoms. The van der Waals surface area contributed by atoms with Crippen molar-refractivity contribution >= 4 is 46.6 Å². The van der Waals surface area contributed by atoms with Crippen molar-refractivity contribution in [3.05, 3.63) is 95.1 Å². The highest BCUT2D eigenvalue weighted by molar-refractivity contribution is 7.81. The Bertz CT molecular complexity index is 1220. The first kappa shape index (κ1) is 20.5. The van der Waals surface area contributed by atoms with Crippen LogP contribution in [0.2, 0.25) is 0 Å². The normalized spacial score (nSPS) is 15.7. The van der Waals surface area contributed by atoms with Gasteiger partial charge in [-0.15, -0.1) is 0 Å². The Hall–Kier alpha value is -3.77. The molecule has 1 heterocycles. The zero-order valence-corrected chi connectivity index (χ0v) is 17.9. The van der Waals surface area contributed by atoms with Crippen LogP contribution in [-0.2, 0) is 9.59 Å². The molecule has 3 aromatic carbocycles. The molecule has 1 saturated heterocycles. The highest BCUT2D eigenvalue weighted by Crippen LogP contribution is 2.30. The molecule has 31 heavy (non-hydrogen) atoms. The maximum Gasteiger partial charge on any atom is 0.270 e. The second-order valence-electron chi connectivity index (χ2n) is 7.32. The summed E-state index contributed by atoms with van der Waals surface area (Å²) >= 11 is 5.63. The maximum atomic E-state index is 13.5. The van der Waals surface area contributed by atoms with Crippen molar-refractivity contribution < 1.29 is 14.7 Å². The van der Waals surface area contributed by atoms with Crippen molar-refractivity contribution in [1.82, 2.24) is 0 Å². The SMILES string of the molecule is Cc1ccc(N2C(=O)/C(=C/c3ccc(O)cc3)C(=O)N(c3ccccc3)C2=S)cc1C. The Balaban J connectivity index is 1.87. The molecule has 5 nitrogen and oxygen atoms in total. The van der Waals surface area contributed by atoms with E-state index < -0.39 is 11.8 Å². The summed E-state index contributed by atoms with van der Waals surface area (Å²) in [4.78, 5) is 29.6. The number of amides is 2. The largest absolute Gasteiger partial charge is 0.508 e. The lowest BCUT2D eigenvalue weighted by atomic mass is 10.0. The van der Waals surface area contributed by atoms with E-state index in [2.05, 4.69) is 0 Å². The minimum absolute atomic E-state index is 0.0126. The summed E-state index contributed by atoms with van der Waals surface area (Å²) < 4.78 is 0. The fraction of sp³-hybridized carbons (Fsp3) is 0.0800. The molecular formula is C25H20N2O3S. The smallest absolute Gasteiger partial charge is 0.270 e. The highest BCUT2D eigenvalue weighted by Gasteiger charge is 2.41. The monoisotopic (exact) mass is 428 g/mol. The van der Waals surface area contributed by atoms with Gasteiger partial charge in [-0.3, -0.25) is 19.4 Å². The van der Waals surface area contributed by atoms with Gasteiger partial charge in [0.25, 0.3) is 11.8 Å². The van der Waals surface area contributed by atoms with Crippen LogP contribution in [0.1, 0.15) is 16.7 Å². The third-order valence-corrected chi connectivity index (χ3v) is 5.58. The van der Waals surface area contributed by atoms with Crippen LogP contribution >= 0.6 is 12.2 Å². The van der Waals surface area contributed by atoms with E-state index in [0.29, 0.717) is 16.9 Å². The molecule has 1 N–H and O–H groups in total. The minimum Gasteiger partial charge on any atom is -0.508 e. The lowest BCUT2D eigenvalue weighted by molar-refractivity contribution is -0.120. The van der Waals surface area contributed by atoms with Gasteiger partial charge in [0, 0.05) is 0 Å². The number of carbonyl (C=O) groups is 2. The highest BCUT2D eigenvalue weighted by atomic mass is 32.1. The summed E-state index contributed by atoms with van der Waals surface area (Å²) in [5.74, 6) is -0.875.